The lowest BCUT2D eigenvalue weighted by atomic mass is 10.1. The second-order valence-corrected chi connectivity index (χ2v) is 3.09. The van der Waals surface area contributed by atoms with Gasteiger partial charge in [-0.1, -0.05) is 0 Å². The van der Waals surface area contributed by atoms with Crippen LogP contribution in [0.1, 0.15) is 17.2 Å². The maximum atomic E-state index is 13.2. The van der Waals surface area contributed by atoms with E-state index in [2.05, 4.69) is 0 Å². The molecule has 14 heavy (non-hydrogen) atoms. The number of benzene rings is 1. The van der Waals surface area contributed by atoms with Crippen LogP contribution in [0.4, 0.5) is 4.39 Å². The van der Waals surface area contributed by atoms with Gasteiger partial charge in [0.15, 0.2) is 0 Å². The maximum absolute atomic E-state index is 13.2. The van der Waals surface area contributed by atoms with E-state index in [1.807, 2.05) is 0 Å². The van der Waals surface area contributed by atoms with Gasteiger partial charge in [0.25, 0.3) is 0 Å². The molecule has 0 aliphatic heterocycles. The Hall–Kier alpha value is -1.13. The van der Waals surface area contributed by atoms with Crippen LogP contribution in [-0.2, 0) is 0 Å². The van der Waals surface area contributed by atoms with Gasteiger partial charge in [0, 0.05) is 12.1 Å². The quantitative estimate of drug-likeness (QED) is 0.767. The van der Waals surface area contributed by atoms with Gasteiger partial charge in [-0.2, -0.15) is 0 Å². The molecule has 0 radical (unpaired) electrons. The first-order chi connectivity index (χ1) is 6.60. The fraction of sp³-hybridized carbons (Fsp3) is 0.400. The van der Waals surface area contributed by atoms with E-state index < -0.39 is 6.10 Å². The number of aliphatic hydroxyl groups is 1. The maximum Gasteiger partial charge on any atom is 0.126 e. The van der Waals surface area contributed by atoms with Gasteiger partial charge < -0.3 is 15.6 Å². The monoisotopic (exact) mass is 199 g/mol. The Morgan fingerprint density at radius 1 is 1.57 bits per heavy atom. The third kappa shape index (κ3) is 2.02. The Morgan fingerprint density at radius 3 is 2.71 bits per heavy atom. The smallest absolute Gasteiger partial charge is 0.126 e. The highest BCUT2D eigenvalue weighted by Crippen LogP contribution is 2.27. The minimum absolute atomic E-state index is 0.0405. The van der Waals surface area contributed by atoms with E-state index in [0.717, 1.165) is 0 Å². The molecule has 0 fully saturated rings. The molecular formula is C10H14FNO2. The average molecular weight is 199 g/mol. The molecule has 0 saturated carbocycles. The van der Waals surface area contributed by atoms with Crippen molar-refractivity contribution in [2.45, 2.75) is 13.0 Å². The van der Waals surface area contributed by atoms with Crippen molar-refractivity contribution in [3.8, 4) is 5.75 Å². The number of rotatable bonds is 3. The van der Waals surface area contributed by atoms with Gasteiger partial charge in [0.05, 0.1) is 13.2 Å². The molecule has 0 aliphatic rings. The Labute approximate surface area is 82.3 Å². The van der Waals surface area contributed by atoms with Gasteiger partial charge in [-0.3, -0.25) is 0 Å². The molecular weight excluding hydrogens is 185 g/mol. The summed E-state index contributed by atoms with van der Waals surface area (Å²) in [6.07, 6.45) is -0.889. The van der Waals surface area contributed by atoms with Crippen molar-refractivity contribution >= 4 is 0 Å². The van der Waals surface area contributed by atoms with Crippen LogP contribution in [0.2, 0.25) is 0 Å². The molecule has 0 aliphatic carbocycles. The zero-order valence-electron chi connectivity index (χ0n) is 8.25. The SMILES string of the molecule is COc1cc(C)c(F)cc1[C@H](O)CN. The van der Waals surface area contributed by atoms with E-state index in [1.54, 1.807) is 13.0 Å². The molecule has 0 amide bonds. The van der Waals surface area contributed by atoms with Crippen LogP contribution < -0.4 is 10.5 Å². The number of aliphatic hydroxyl groups excluding tert-OH is 1. The minimum Gasteiger partial charge on any atom is -0.496 e. The summed E-state index contributed by atoms with van der Waals surface area (Å²) >= 11 is 0. The largest absolute Gasteiger partial charge is 0.496 e. The summed E-state index contributed by atoms with van der Waals surface area (Å²) in [7, 11) is 1.47. The number of ether oxygens (including phenoxy) is 1. The molecule has 0 unspecified atom stereocenters. The molecule has 1 atom stereocenters. The van der Waals surface area contributed by atoms with Crippen LogP contribution in [0.15, 0.2) is 12.1 Å². The van der Waals surface area contributed by atoms with Crippen molar-refractivity contribution in [2.24, 2.45) is 5.73 Å². The first-order valence-electron chi connectivity index (χ1n) is 4.32. The van der Waals surface area contributed by atoms with Gasteiger partial charge in [0.2, 0.25) is 0 Å². The Bertz CT molecular complexity index is 328. The lowest BCUT2D eigenvalue weighted by molar-refractivity contribution is 0.181. The topological polar surface area (TPSA) is 55.5 Å². The van der Waals surface area contributed by atoms with Gasteiger partial charge in [0.1, 0.15) is 11.6 Å². The zero-order chi connectivity index (χ0) is 10.7. The molecule has 78 valence electrons. The van der Waals surface area contributed by atoms with Crippen LogP contribution in [-0.4, -0.2) is 18.8 Å². The van der Waals surface area contributed by atoms with Crippen molar-refractivity contribution in [3.05, 3.63) is 29.1 Å². The Morgan fingerprint density at radius 2 is 2.21 bits per heavy atom. The summed E-state index contributed by atoms with van der Waals surface area (Å²) in [6.45, 7) is 1.68. The summed E-state index contributed by atoms with van der Waals surface area (Å²) in [4.78, 5) is 0. The number of hydrogen-bond donors (Lipinski definition) is 2. The highest BCUT2D eigenvalue weighted by Gasteiger charge is 2.14. The van der Waals surface area contributed by atoms with E-state index in [1.165, 1.54) is 13.2 Å². The standard InChI is InChI=1S/C10H14FNO2/c1-6-3-10(14-2)7(4-8(6)11)9(13)5-12/h3-4,9,13H,5,12H2,1-2H3/t9-/m1/s1. The number of aryl methyl sites for hydroxylation is 1. The molecule has 3 nitrogen and oxygen atoms in total. The normalized spacial score (nSPS) is 12.6. The zero-order valence-corrected chi connectivity index (χ0v) is 8.25. The van der Waals surface area contributed by atoms with Crippen molar-refractivity contribution in [1.82, 2.24) is 0 Å². The summed E-state index contributed by atoms with van der Waals surface area (Å²) in [5.41, 5.74) is 6.16. The third-order valence-electron chi connectivity index (χ3n) is 2.09. The molecule has 4 heteroatoms. The summed E-state index contributed by atoms with van der Waals surface area (Å²) in [5.74, 6) is 0.0927. The van der Waals surface area contributed by atoms with Gasteiger partial charge in [-0.25, -0.2) is 4.39 Å². The van der Waals surface area contributed by atoms with Crippen LogP contribution in [0.25, 0.3) is 0 Å². The number of hydrogen-bond acceptors (Lipinski definition) is 3. The average Bonchev–Trinajstić information content (AvgIpc) is 2.20. The van der Waals surface area contributed by atoms with Crippen LogP contribution in [0, 0.1) is 12.7 Å². The third-order valence-corrected chi connectivity index (χ3v) is 2.09. The molecule has 0 spiro atoms. The van der Waals surface area contributed by atoms with Gasteiger partial charge in [-0.05, 0) is 24.6 Å². The highest BCUT2D eigenvalue weighted by atomic mass is 19.1. The van der Waals surface area contributed by atoms with Crippen LogP contribution in [0.3, 0.4) is 0 Å². The minimum atomic E-state index is -0.889. The van der Waals surface area contributed by atoms with E-state index >= 15 is 0 Å². The number of halogens is 1. The van der Waals surface area contributed by atoms with Gasteiger partial charge >= 0.3 is 0 Å². The molecule has 0 aromatic heterocycles. The van der Waals surface area contributed by atoms with Crippen LogP contribution in [0.5, 0.6) is 5.75 Å². The molecule has 0 heterocycles. The molecule has 3 N–H and O–H groups in total. The predicted octanol–water partition coefficient (Wildman–Crippen LogP) is 1.13. The predicted molar refractivity (Wildman–Crippen MR) is 51.7 cm³/mol. The molecule has 0 bridgehead atoms. The van der Waals surface area contributed by atoms with E-state index in [0.29, 0.717) is 16.9 Å². The first kappa shape index (κ1) is 10.9. The molecule has 1 rings (SSSR count). The van der Waals surface area contributed by atoms with Crippen molar-refractivity contribution in [1.29, 1.82) is 0 Å². The fourth-order valence-corrected chi connectivity index (χ4v) is 1.23. The second-order valence-electron chi connectivity index (χ2n) is 3.09. The molecule has 1 aromatic rings. The van der Waals surface area contributed by atoms with Crippen molar-refractivity contribution < 1.29 is 14.2 Å². The second kappa shape index (κ2) is 4.39. The summed E-state index contributed by atoms with van der Waals surface area (Å²) in [6, 6.07) is 2.80. The number of methoxy groups -OCH3 is 1. The van der Waals surface area contributed by atoms with E-state index in [-0.39, 0.29) is 12.4 Å². The molecule has 1 aromatic carbocycles. The van der Waals surface area contributed by atoms with Gasteiger partial charge in [-0.15, -0.1) is 0 Å². The fourth-order valence-electron chi connectivity index (χ4n) is 1.23. The first-order valence-corrected chi connectivity index (χ1v) is 4.32. The lowest BCUT2D eigenvalue weighted by Gasteiger charge is -2.14. The van der Waals surface area contributed by atoms with Crippen molar-refractivity contribution in [3.63, 3.8) is 0 Å². The summed E-state index contributed by atoms with van der Waals surface area (Å²) in [5, 5.41) is 9.48. The molecule has 0 saturated heterocycles. The summed E-state index contributed by atoms with van der Waals surface area (Å²) < 4.78 is 18.2. The Kier molecular flexibility index (Phi) is 3.43. The van der Waals surface area contributed by atoms with E-state index in [9.17, 15) is 9.50 Å². The highest BCUT2D eigenvalue weighted by molar-refractivity contribution is 5.39. The van der Waals surface area contributed by atoms with E-state index in [4.69, 9.17) is 10.5 Å². The lowest BCUT2D eigenvalue weighted by Crippen LogP contribution is -2.13. The van der Waals surface area contributed by atoms with Crippen molar-refractivity contribution in [2.75, 3.05) is 13.7 Å². The number of nitrogens with two attached hydrogens (primary N) is 1. The Balaban J connectivity index is 3.19. The van der Waals surface area contributed by atoms with Crippen LogP contribution >= 0.6 is 0 Å².